The molecule has 0 aliphatic heterocycles. The van der Waals surface area contributed by atoms with Crippen molar-refractivity contribution in [2.24, 2.45) is 0 Å². The molecule has 12 nitrogen and oxygen atoms in total. The van der Waals surface area contributed by atoms with Crippen molar-refractivity contribution < 1.29 is 33.0 Å². The van der Waals surface area contributed by atoms with Crippen molar-refractivity contribution in [3.8, 4) is 5.75 Å². The van der Waals surface area contributed by atoms with Crippen LogP contribution in [0.4, 0.5) is 15.0 Å². The molecule has 0 radical (unpaired) electrons. The molecule has 0 aliphatic carbocycles. The number of hydrogen-bond acceptors (Lipinski definition) is 9. The van der Waals surface area contributed by atoms with Crippen molar-refractivity contribution in [1.82, 2.24) is 25.2 Å². The molecule has 0 saturated carbocycles. The largest absolute Gasteiger partial charge is 0.488 e. The SMILES string of the molecule is CCOC(=O)c1cnn2ccc(NC(C(=O)NC)c3cc(F)ccc3O[C@@H](C)CNC(=O)OC(C)(C)C)nc12. The Morgan fingerprint density at radius 3 is 2.59 bits per heavy atom. The molecule has 1 unspecified atom stereocenters. The molecule has 0 spiro atoms. The van der Waals surface area contributed by atoms with Gasteiger partial charge in [0.05, 0.1) is 19.3 Å². The number of alkyl carbamates (subject to hydrolysis) is 1. The van der Waals surface area contributed by atoms with E-state index in [0.29, 0.717) is 0 Å². The second-order valence-corrected chi connectivity index (χ2v) is 9.54. The maximum Gasteiger partial charge on any atom is 0.407 e. The Balaban J connectivity index is 1.87. The minimum atomic E-state index is -1.13. The van der Waals surface area contributed by atoms with Crippen LogP contribution in [0.5, 0.6) is 5.75 Å². The van der Waals surface area contributed by atoms with E-state index in [2.05, 4.69) is 26.0 Å². The molecule has 39 heavy (non-hydrogen) atoms. The van der Waals surface area contributed by atoms with Crippen LogP contribution < -0.4 is 20.7 Å². The maximum atomic E-state index is 14.4. The van der Waals surface area contributed by atoms with E-state index in [1.807, 2.05) is 0 Å². The molecule has 3 rings (SSSR count). The Morgan fingerprint density at radius 2 is 1.92 bits per heavy atom. The van der Waals surface area contributed by atoms with Gasteiger partial charge in [-0.05, 0) is 58.9 Å². The number of nitrogens with zero attached hydrogens (tertiary/aromatic N) is 3. The first-order valence-corrected chi connectivity index (χ1v) is 12.3. The number of fused-ring (bicyclic) bond motifs is 1. The van der Waals surface area contributed by atoms with Crippen LogP contribution in [-0.4, -0.2) is 64.5 Å². The zero-order valence-corrected chi connectivity index (χ0v) is 22.7. The van der Waals surface area contributed by atoms with E-state index in [1.54, 1.807) is 46.9 Å². The minimum absolute atomic E-state index is 0.0971. The molecule has 0 fully saturated rings. The van der Waals surface area contributed by atoms with E-state index >= 15 is 0 Å². The predicted molar refractivity (Wildman–Crippen MR) is 140 cm³/mol. The molecule has 0 aliphatic rings. The highest BCUT2D eigenvalue weighted by Gasteiger charge is 2.26. The molecule has 3 aromatic rings. The number of anilines is 1. The topological polar surface area (TPSA) is 145 Å². The zero-order chi connectivity index (χ0) is 28.7. The first-order chi connectivity index (χ1) is 18.4. The molecule has 210 valence electrons. The number of aromatic nitrogens is 3. The second-order valence-electron chi connectivity index (χ2n) is 9.54. The van der Waals surface area contributed by atoms with Crippen LogP contribution in [-0.2, 0) is 14.3 Å². The Labute approximate surface area is 225 Å². The Morgan fingerprint density at radius 1 is 1.18 bits per heavy atom. The van der Waals surface area contributed by atoms with Gasteiger partial charge in [0, 0.05) is 18.8 Å². The summed E-state index contributed by atoms with van der Waals surface area (Å²) in [4.78, 5) is 41.7. The van der Waals surface area contributed by atoms with Gasteiger partial charge in [0.1, 0.15) is 40.7 Å². The van der Waals surface area contributed by atoms with E-state index in [1.165, 1.54) is 36.0 Å². The van der Waals surface area contributed by atoms with Crippen molar-refractivity contribution in [1.29, 1.82) is 0 Å². The number of hydrogen-bond donors (Lipinski definition) is 3. The Hall–Kier alpha value is -4.42. The summed E-state index contributed by atoms with van der Waals surface area (Å²) in [7, 11) is 1.44. The summed E-state index contributed by atoms with van der Waals surface area (Å²) in [5, 5.41) is 12.3. The third-order valence-electron chi connectivity index (χ3n) is 5.21. The number of ether oxygens (including phenoxy) is 3. The van der Waals surface area contributed by atoms with Crippen molar-refractivity contribution in [3.63, 3.8) is 0 Å². The molecule has 0 bridgehead atoms. The van der Waals surface area contributed by atoms with E-state index in [-0.39, 0.29) is 41.5 Å². The zero-order valence-electron chi connectivity index (χ0n) is 22.7. The van der Waals surface area contributed by atoms with Gasteiger partial charge in [-0.2, -0.15) is 5.10 Å². The predicted octanol–water partition coefficient (Wildman–Crippen LogP) is 3.24. The fourth-order valence-corrected chi connectivity index (χ4v) is 3.53. The van der Waals surface area contributed by atoms with Gasteiger partial charge in [0.25, 0.3) is 0 Å². The van der Waals surface area contributed by atoms with Gasteiger partial charge in [0.15, 0.2) is 5.65 Å². The van der Waals surface area contributed by atoms with Crippen LogP contribution in [0.2, 0.25) is 0 Å². The highest BCUT2D eigenvalue weighted by molar-refractivity contribution is 5.95. The lowest BCUT2D eigenvalue weighted by molar-refractivity contribution is -0.121. The maximum absolute atomic E-state index is 14.4. The van der Waals surface area contributed by atoms with Crippen LogP contribution in [0.3, 0.4) is 0 Å². The van der Waals surface area contributed by atoms with Gasteiger partial charge in [-0.25, -0.2) is 23.5 Å². The molecule has 2 heterocycles. The summed E-state index contributed by atoms with van der Waals surface area (Å²) in [5.41, 5.74) is -0.0977. The molecule has 0 saturated heterocycles. The molecule has 3 N–H and O–H groups in total. The number of nitrogens with one attached hydrogen (secondary N) is 3. The van der Waals surface area contributed by atoms with E-state index in [0.717, 1.165) is 0 Å². The average Bonchev–Trinajstić information content (AvgIpc) is 3.29. The average molecular weight is 545 g/mol. The highest BCUT2D eigenvalue weighted by Crippen LogP contribution is 2.30. The smallest absolute Gasteiger partial charge is 0.407 e. The van der Waals surface area contributed by atoms with E-state index < -0.39 is 41.5 Å². The molecular formula is C26H33FN6O6. The van der Waals surface area contributed by atoms with Gasteiger partial charge in [-0.15, -0.1) is 0 Å². The summed E-state index contributed by atoms with van der Waals surface area (Å²) in [6, 6.07) is 4.21. The van der Waals surface area contributed by atoms with E-state index in [9.17, 15) is 18.8 Å². The van der Waals surface area contributed by atoms with E-state index in [4.69, 9.17) is 14.2 Å². The standard InChI is InChI=1S/C26H33FN6O6/c1-7-37-24(35)18-14-30-33-11-10-20(32-22(18)33)31-21(23(34)28-6)17-12-16(27)8-9-19(17)38-15(2)13-29-25(36)39-26(3,4)5/h8-12,14-15,21H,7,13H2,1-6H3,(H,28,34)(H,29,36)(H,31,32)/t15-,21?/m0/s1. The number of amides is 2. The fourth-order valence-electron chi connectivity index (χ4n) is 3.53. The highest BCUT2D eigenvalue weighted by atomic mass is 19.1. The third kappa shape index (κ3) is 7.79. The van der Waals surface area contributed by atoms with Crippen LogP contribution >= 0.6 is 0 Å². The normalized spacial score (nSPS) is 12.8. The molecule has 2 aromatic heterocycles. The monoisotopic (exact) mass is 544 g/mol. The Bertz CT molecular complexity index is 1340. The van der Waals surface area contributed by atoms with Gasteiger partial charge < -0.3 is 30.2 Å². The number of halogens is 1. The summed E-state index contributed by atoms with van der Waals surface area (Å²) in [6.07, 6.45) is 1.74. The fraction of sp³-hybridized carbons (Fsp3) is 0.423. The lowest BCUT2D eigenvalue weighted by Gasteiger charge is -2.24. The van der Waals surface area contributed by atoms with Crippen LogP contribution in [0, 0.1) is 5.82 Å². The number of benzene rings is 1. The summed E-state index contributed by atoms with van der Waals surface area (Å²) < 4.78 is 32.0. The second kappa shape index (κ2) is 12.4. The summed E-state index contributed by atoms with van der Waals surface area (Å²) in [6.45, 7) is 8.92. The molecular weight excluding hydrogens is 511 g/mol. The van der Waals surface area contributed by atoms with Crippen LogP contribution in [0.1, 0.15) is 56.6 Å². The first-order valence-electron chi connectivity index (χ1n) is 12.3. The van der Waals surface area contributed by atoms with Gasteiger partial charge in [0.2, 0.25) is 5.91 Å². The minimum Gasteiger partial charge on any atom is -0.488 e. The Kier molecular flexibility index (Phi) is 9.28. The van der Waals surface area contributed by atoms with Crippen molar-refractivity contribution in [3.05, 3.63) is 53.6 Å². The molecule has 2 atom stereocenters. The van der Waals surface area contributed by atoms with Crippen molar-refractivity contribution in [2.45, 2.75) is 52.4 Å². The first kappa shape index (κ1) is 29.1. The molecule has 2 amide bonds. The quantitative estimate of drug-likeness (QED) is 0.328. The number of rotatable bonds is 10. The number of likely N-dealkylation sites (N-methyl/N-ethyl adjacent to an activating group) is 1. The molecule has 13 heteroatoms. The molecule has 1 aromatic carbocycles. The van der Waals surface area contributed by atoms with Gasteiger partial charge >= 0.3 is 12.1 Å². The van der Waals surface area contributed by atoms with Crippen molar-refractivity contribution in [2.75, 3.05) is 25.5 Å². The van der Waals surface area contributed by atoms with Crippen molar-refractivity contribution >= 4 is 29.4 Å². The van der Waals surface area contributed by atoms with Gasteiger partial charge in [-0.3, -0.25) is 4.79 Å². The number of esters is 1. The lowest BCUT2D eigenvalue weighted by Crippen LogP contribution is -2.38. The lowest BCUT2D eigenvalue weighted by atomic mass is 10.0. The summed E-state index contributed by atoms with van der Waals surface area (Å²) in [5.74, 6) is -1.23. The summed E-state index contributed by atoms with van der Waals surface area (Å²) >= 11 is 0. The third-order valence-corrected chi connectivity index (χ3v) is 5.21. The van der Waals surface area contributed by atoms with Crippen LogP contribution in [0.15, 0.2) is 36.7 Å². The van der Waals surface area contributed by atoms with Gasteiger partial charge in [-0.1, -0.05) is 0 Å². The number of carbonyl (C=O) groups is 3. The number of carbonyl (C=O) groups excluding carboxylic acids is 3. The van der Waals surface area contributed by atoms with Crippen LogP contribution in [0.25, 0.3) is 5.65 Å².